The summed E-state index contributed by atoms with van der Waals surface area (Å²) < 4.78 is 41.3. The zero-order chi connectivity index (χ0) is 41.5. The van der Waals surface area contributed by atoms with Gasteiger partial charge in [0, 0.05) is 77.3 Å². The molecule has 0 amide bonds. The van der Waals surface area contributed by atoms with Crippen LogP contribution in [0, 0.1) is 17.5 Å². The number of nitrogens with zero attached hydrogens (tertiary/aromatic N) is 2. The van der Waals surface area contributed by atoms with E-state index in [1.165, 1.54) is 35.4 Å². The van der Waals surface area contributed by atoms with E-state index in [1.807, 2.05) is 36.4 Å². The van der Waals surface area contributed by atoms with E-state index >= 15 is 0 Å². The SMILES string of the molecule is Fc1ccc(C(CCCN2CCN(C3Cc4ccc(F)cc4Sc4ccc(Cl)cc43)CC2)c2ccc(F)cc2)cc1.O=C(O)/C=C/C(=O)O.O=C(O)/C=C/C(=O)O. The van der Waals surface area contributed by atoms with E-state index in [-0.39, 0.29) is 29.4 Å². The molecule has 0 bridgehead atoms. The molecular formula is C42H40ClF3N2O8S. The molecule has 4 aromatic rings. The fourth-order valence-corrected chi connectivity index (χ4v) is 7.77. The Hall–Kier alpha value is -5.41. The summed E-state index contributed by atoms with van der Waals surface area (Å²) in [4.78, 5) is 45.4. The standard InChI is InChI=1S/C34H32ClF3N2S.2C4H4O4/c35-26-8-14-33-31(21-26)32(20-25-7-13-29(38)22-34(25)41-33)40-18-16-39(17-19-40)15-1-2-30(23-3-9-27(36)10-4-23)24-5-11-28(37)12-6-24;2*5-3(6)1-2-4(7)8/h3-14,21-22,30,32H,1-2,15-20H2;2*1-2H,(H,5,6)(H,7,8)/b;2*2-1+. The molecule has 4 aromatic carbocycles. The third-order valence-corrected chi connectivity index (χ3v) is 10.5. The van der Waals surface area contributed by atoms with Crippen molar-refractivity contribution in [2.24, 2.45) is 0 Å². The predicted octanol–water partition coefficient (Wildman–Crippen LogP) is 8.16. The normalized spacial score (nSPS) is 15.4. The highest BCUT2D eigenvalue weighted by molar-refractivity contribution is 7.99. The molecule has 2 aliphatic heterocycles. The first-order valence-electron chi connectivity index (χ1n) is 17.7. The van der Waals surface area contributed by atoms with E-state index in [9.17, 15) is 32.3 Å². The van der Waals surface area contributed by atoms with Gasteiger partial charge in [-0.25, -0.2) is 32.3 Å². The van der Waals surface area contributed by atoms with Gasteiger partial charge in [-0.05, 0) is 103 Å². The van der Waals surface area contributed by atoms with Gasteiger partial charge in [0.25, 0.3) is 0 Å². The van der Waals surface area contributed by atoms with Gasteiger partial charge in [-0.2, -0.15) is 0 Å². The summed E-state index contributed by atoms with van der Waals surface area (Å²) >= 11 is 8.08. The van der Waals surface area contributed by atoms with Crippen LogP contribution in [0.25, 0.3) is 0 Å². The van der Waals surface area contributed by atoms with Crippen LogP contribution in [0.3, 0.4) is 0 Å². The van der Waals surface area contributed by atoms with Crippen molar-refractivity contribution in [3.8, 4) is 0 Å². The van der Waals surface area contributed by atoms with Crippen molar-refractivity contribution in [2.45, 2.75) is 41.0 Å². The van der Waals surface area contributed by atoms with Crippen molar-refractivity contribution in [1.82, 2.24) is 9.80 Å². The van der Waals surface area contributed by atoms with Crippen molar-refractivity contribution in [2.75, 3.05) is 32.7 Å². The number of rotatable bonds is 11. The average molecular weight is 825 g/mol. The molecule has 15 heteroatoms. The zero-order valence-electron chi connectivity index (χ0n) is 30.4. The predicted molar refractivity (Wildman–Crippen MR) is 209 cm³/mol. The van der Waals surface area contributed by atoms with Gasteiger partial charge in [-0.15, -0.1) is 0 Å². The van der Waals surface area contributed by atoms with Crippen LogP contribution in [0.4, 0.5) is 13.2 Å². The van der Waals surface area contributed by atoms with Gasteiger partial charge in [-0.3, -0.25) is 4.90 Å². The molecule has 1 fully saturated rings. The first kappa shape index (κ1) is 44.3. The Morgan fingerprint density at radius 1 is 0.667 bits per heavy atom. The second-order valence-corrected chi connectivity index (χ2v) is 14.5. The lowest BCUT2D eigenvalue weighted by molar-refractivity contribution is -0.134. The maximum absolute atomic E-state index is 14.1. The van der Waals surface area contributed by atoms with Gasteiger partial charge in [0.05, 0.1) is 0 Å². The Morgan fingerprint density at radius 3 is 1.65 bits per heavy atom. The van der Waals surface area contributed by atoms with Gasteiger partial charge in [0.2, 0.25) is 0 Å². The highest BCUT2D eigenvalue weighted by Gasteiger charge is 2.30. The number of carboxylic acid groups (broad SMARTS) is 4. The van der Waals surface area contributed by atoms with Crippen LogP contribution in [0.2, 0.25) is 5.02 Å². The zero-order valence-corrected chi connectivity index (χ0v) is 32.0. The molecule has 10 nitrogen and oxygen atoms in total. The maximum atomic E-state index is 14.1. The topological polar surface area (TPSA) is 156 Å². The lowest BCUT2D eigenvalue weighted by Crippen LogP contribution is -2.48. The summed E-state index contributed by atoms with van der Waals surface area (Å²) in [6, 6.07) is 24.7. The minimum absolute atomic E-state index is 0.0899. The van der Waals surface area contributed by atoms with Crippen molar-refractivity contribution in [1.29, 1.82) is 0 Å². The number of hydrogen-bond donors (Lipinski definition) is 4. The van der Waals surface area contributed by atoms with Crippen LogP contribution in [-0.4, -0.2) is 86.8 Å². The molecule has 0 aromatic heterocycles. The molecule has 4 N–H and O–H groups in total. The van der Waals surface area contributed by atoms with Gasteiger partial charge >= 0.3 is 23.9 Å². The molecule has 300 valence electrons. The second-order valence-electron chi connectivity index (χ2n) is 13.0. The Morgan fingerprint density at radius 2 is 1.16 bits per heavy atom. The number of hydrogen-bond acceptors (Lipinski definition) is 7. The number of aliphatic carboxylic acids is 4. The highest BCUT2D eigenvalue weighted by atomic mass is 35.5. The van der Waals surface area contributed by atoms with E-state index in [0.717, 1.165) is 77.9 Å². The minimum Gasteiger partial charge on any atom is -0.478 e. The fourth-order valence-electron chi connectivity index (χ4n) is 6.45. The molecule has 1 unspecified atom stereocenters. The van der Waals surface area contributed by atoms with Crippen molar-refractivity contribution in [3.63, 3.8) is 0 Å². The average Bonchev–Trinajstić information content (AvgIpc) is 3.33. The maximum Gasteiger partial charge on any atom is 0.328 e. The second kappa shape index (κ2) is 21.8. The molecule has 6 rings (SSSR count). The molecule has 2 heterocycles. The lowest BCUT2D eigenvalue weighted by atomic mass is 9.87. The number of piperazine rings is 1. The number of carboxylic acids is 4. The van der Waals surface area contributed by atoms with E-state index in [0.29, 0.717) is 24.3 Å². The molecule has 0 saturated carbocycles. The van der Waals surface area contributed by atoms with Crippen molar-refractivity contribution < 1.29 is 52.8 Å². The van der Waals surface area contributed by atoms with Gasteiger partial charge in [-0.1, -0.05) is 53.7 Å². The summed E-state index contributed by atoms with van der Waals surface area (Å²) in [5.74, 6) is -5.65. The fraction of sp³-hybridized carbons (Fsp3) is 0.238. The molecule has 1 atom stereocenters. The summed E-state index contributed by atoms with van der Waals surface area (Å²) in [6.45, 7) is 4.78. The first-order chi connectivity index (χ1) is 27.2. The van der Waals surface area contributed by atoms with Crippen LogP contribution < -0.4 is 0 Å². The van der Waals surface area contributed by atoms with E-state index in [2.05, 4.69) is 21.9 Å². The Bertz CT molecular complexity index is 1960. The molecule has 2 aliphatic rings. The first-order valence-corrected chi connectivity index (χ1v) is 18.9. The van der Waals surface area contributed by atoms with Crippen LogP contribution >= 0.6 is 23.4 Å². The van der Waals surface area contributed by atoms with Gasteiger partial charge in [0.15, 0.2) is 0 Å². The van der Waals surface area contributed by atoms with Gasteiger partial charge < -0.3 is 25.3 Å². The highest BCUT2D eigenvalue weighted by Crippen LogP contribution is 2.44. The van der Waals surface area contributed by atoms with Gasteiger partial charge in [0.1, 0.15) is 17.5 Å². The monoisotopic (exact) mass is 824 g/mol. The number of carbonyl (C=O) groups is 4. The minimum atomic E-state index is -1.26. The van der Waals surface area contributed by atoms with Crippen LogP contribution in [0.5, 0.6) is 0 Å². The third kappa shape index (κ3) is 14.6. The lowest BCUT2D eigenvalue weighted by Gasteiger charge is -2.40. The van der Waals surface area contributed by atoms with Crippen molar-refractivity contribution >= 4 is 47.2 Å². The Labute approximate surface area is 336 Å². The summed E-state index contributed by atoms with van der Waals surface area (Å²) in [5, 5.41) is 32.0. The quantitative estimate of drug-likeness (QED) is 0.108. The van der Waals surface area contributed by atoms with Crippen LogP contribution in [0.15, 0.2) is 119 Å². The summed E-state index contributed by atoms with van der Waals surface area (Å²) in [6.07, 6.45) is 4.94. The molecule has 57 heavy (non-hydrogen) atoms. The van der Waals surface area contributed by atoms with Crippen LogP contribution in [0.1, 0.15) is 47.1 Å². The summed E-state index contributed by atoms with van der Waals surface area (Å²) in [7, 11) is 0. The van der Waals surface area contributed by atoms with Crippen LogP contribution in [-0.2, 0) is 25.6 Å². The Kier molecular flexibility index (Phi) is 16.9. The van der Waals surface area contributed by atoms with E-state index in [4.69, 9.17) is 32.0 Å². The molecule has 0 radical (unpaired) electrons. The number of halogens is 4. The largest absolute Gasteiger partial charge is 0.478 e. The summed E-state index contributed by atoms with van der Waals surface area (Å²) in [5.41, 5.74) is 4.48. The molecule has 0 aliphatic carbocycles. The smallest absolute Gasteiger partial charge is 0.328 e. The molecule has 1 saturated heterocycles. The number of fused-ring (bicyclic) bond motifs is 2. The third-order valence-electron chi connectivity index (χ3n) is 9.09. The molecular weight excluding hydrogens is 785 g/mol. The number of benzene rings is 4. The van der Waals surface area contributed by atoms with Crippen molar-refractivity contribution in [3.05, 3.63) is 154 Å². The van der Waals surface area contributed by atoms with E-state index in [1.54, 1.807) is 23.9 Å². The Balaban J connectivity index is 0.000000379. The van der Waals surface area contributed by atoms with E-state index < -0.39 is 23.9 Å². The molecule has 0 spiro atoms.